The first-order valence-electron chi connectivity index (χ1n) is 10.3. The number of para-hydroxylation sites is 2. The highest BCUT2D eigenvalue weighted by Crippen LogP contribution is 2.26. The molecule has 30 heavy (non-hydrogen) atoms. The highest BCUT2D eigenvalue weighted by Gasteiger charge is 2.29. The standard InChI is InChI=1S/C24H32N2O4/c1-5-20(24(28)25-15-18(2)3)26(16-19-11-7-6-8-12-19)23(27)17-30-22-14-10-9-13-21(22)29-4/h6-14,18,20H,5,15-17H2,1-4H3,(H,25,28). The fourth-order valence-corrected chi connectivity index (χ4v) is 3.08. The quantitative estimate of drug-likeness (QED) is 0.612. The van der Waals surface area contributed by atoms with E-state index in [0.717, 1.165) is 5.56 Å². The van der Waals surface area contributed by atoms with Gasteiger partial charge in [-0.2, -0.15) is 0 Å². The van der Waals surface area contributed by atoms with Gasteiger partial charge in [-0.3, -0.25) is 9.59 Å². The molecule has 6 nitrogen and oxygen atoms in total. The Hall–Kier alpha value is -3.02. The van der Waals surface area contributed by atoms with Gasteiger partial charge in [-0.05, 0) is 30.0 Å². The summed E-state index contributed by atoms with van der Waals surface area (Å²) >= 11 is 0. The molecule has 0 aliphatic carbocycles. The summed E-state index contributed by atoms with van der Waals surface area (Å²) in [6.07, 6.45) is 0.511. The molecule has 0 spiro atoms. The van der Waals surface area contributed by atoms with Crippen molar-refractivity contribution in [2.45, 2.75) is 39.8 Å². The molecule has 0 radical (unpaired) electrons. The minimum absolute atomic E-state index is 0.146. The van der Waals surface area contributed by atoms with Gasteiger partial charge in [0, 0.05) is 13.1 Å². The van der Waals surface area contributed by atoms with Gasteiger partial charge in [-0.15, -0.1) is 0 Å². The zero-order valence-corrected chi connectivity index (χ0v) is 18.3. The second kappa shape index (κ2) is 11.9. The first-order valence-corrected chi connectivity index (χ1v) is 10.3. The third kappa shape index (κ3) is 6.79. The van der Waals surface area contributed by atoms with E-state index in [1.54, 1.807) is 24.1 Å². The van der Waals surface area contributed by atoms with Gasteiger partial charge < -0.3 is 19.7 Å². The lowest BCUT2D eigenvalue weighted by molar-refractivity contribution is -0.143. The average Bonchev–Trinajstić information content (AvgIpc) is 2.76. The van der Waals surface area contributed by atoms with Crippen LogP contribution in [0.3, 0.4) is 0 Å². The maximum atomic E-state index is 13.1. The van der Waals surface area contributed by atoms with Crippen molar-refractivity contribution in [3.8, 4) is 11.5 Å². The normalized spacial score (nSPS) is 11.6. The zero-order valence-electron chi connectivity index (χ0n) is 18.3. The maximum absolute atomic E-state index is 13.1. The number of methoxy groups -OCH3 is 1. The molecule has 1 atom stereocenters. The number of rotatable bonds is 11. The predicted octanol–water partition coefficient (Wildman–Crippen LogP) is 3.65. The lowest BCUT2D eigenvalue weighted by Gasteiger charge is -2.31. The van der Waals surface area contributed by atoms with Gasteiger partial charge in [0.15, 0.2) is 18.1 Å². The maximum Gasteiger partial charge on any atom is 0.261 e. The van der Waals surface area contributed by atoms with Crippen LogP contribution in [-0.2, 0) is 16.1 Å². The molecule has 162 valence electrons. The summed E-state index contributed by atoms with van der Waals surface area (Å²) < 4.78 is 11.0. The molecule has 0 saturated carbocycles. The van der Waals surface area contributed by atoms with Crippen LogP contribution >= 0.6 is 0 Å². The van der Waals surface area contributed by atoms with Crippen molar-refractivity contribution < 1.29 is 19.1 Å². The van der Waals surface area contributed by atoms with Crippen LogP contribution < -0.4 is 14.8 Å². The summed E-state index contributed by atoms with van der Waals surface area (Å²) in [6, 6.07) is 16.3. The van der Waals surface area contributed by atoms with Gasteiger partial charge in [0.05, 0.1) is 7.11 Å². The van der Waals surface area contributed by atoms with E-state index in [1.165, 1.54) is 0 Å². The van der Waals surface area contributed by atoms with Crippen LogP contribution in [-0.4, -0.2) is 43.0 Å². The van der Waals surface area contributed by atoms with Crippen LogP contribution in [0.25, 0.3) is 0 Å². The van der Waals surface area contributed by atoms with E-state index in [9.17, 15) is 9.59 Å². The highest BCUT2D eigenvalue weighted by molar-refractivity contribution is 5.88. The number of hydrogen-bond acceptors (Lipinski definition) is 4. The summed E-state index contributed by atoms with van der Waals surface area (Å²) in [5.74, 6) is 0.981. The molecule has 6 heteroatoms. The molecule has 0 saturated heterocycles. The summed E-state index contributed by atoms with van der Waals surface area (Å²) in [5, 5.41) is 2.95. The third-order valence-corrected chi connectivity index (χ3v) is 4.69. The molecule has 0 aliphatic rings. The first-order chi connectivity index (χ1) is 14.5. The zero-order chi connectivity index (χ0) is 21.9. The van der Waals surface area contributed by atoms with E-state index < -0.39 is 6.04 Å². The Bertz CT molecular complexity index is 808. The number of carbonyl (C=O) groups excluding carboxylic acids is 2. The number of ether oxygens (including phenoxy) is 2. The van der Waals surface area contributed by atoms with Crippen molar-refractivity contribution >= 4 is 11.8 Å². The average molecular weight is 413 g/mol. The molecular formula is C24H32N2O4. The fourth-order valence-electron chi connectivity index (χ4n) is 3.08. The van der Waals surface area contributed by atoms with E-state index in [1.807, 2.05) is 63.2 Å². The third-order valence-electron chi connectivity index (χ3n) is 4.69. The summed E-state index contributed by atoms with van der Waals surface area (Å²) in [5.41, 5.74) is 0.957. The molecule has 2 amide bonds. The predicted molar refractivity (Wildman–Crippen MR) is 117 cm³/mol. The van der Waals surface area contributed by atoms with Crippen LogP contribution in [0.2, 0.25) is 0 Å². The van der Waals surface area contributed by atoms with Crippen molar-refractivity contribution in [1.82, 2.24) is 10.2 Å². The lowest BCUT2D eigenvalue weighted by Crippen LogP contribution is -2.50. The number of nitrogens with zero attached hydrogens (tertiary/aromatic N) is 1. The van der Waals surface area contributed by atoms with Gasteiger partial charge in [0.2, 0.25) is 5.91 Å². The monoisotopic (exact) mass is 412 g/mol. The van der Waals surface area contributed by atoms with Crippen LogP contribution in [0.1, 0.15) is 32.8 Å². The van der Waals surface area contributed by atoms with E-state index in [4.69, 9.17) is 9.47 Å². The minimum Gasteiger partial charge on any atom is -0.493 e. The molecule has 2 aromatic carbocycles. The van der Waals surface area contributed by atoms with Crippen LogP contribution in [0.5, 0.6) is 11.5 Å². The summed E-state index contributed by atoms with van der Waals surface area (Å²) in [4.78, 5) is 27.6. The highest BCUT2D eigenvalue weighted by atomic mass is 16.5. The second-order valence-corrected chi connectivity index (χ2v) is 7.51. The Morgan fingerprint density at radius 2 is 1.63 bits per heavy atom. The number of carbonyl (C=O) groups is 2. The van der Waals surface area contributed by atoms with Gasteiger partial charge in [-0.25, -0.2) is 0 Å². The Morgan fingerprint density at radius 1 is 1.00 bits per heavy atom. The number of nitrogens with one attached hydrogen (secondary N) is 1. The van der Waals surface area contributed by atoms with Gasteiger partial charge in [0.25, 0.3) is 5.91 Å². The Labute approximate surface area is 179 Å². The number of benzene rings is 2. The molecule has 0 heterocycles. The van der Waals surface area contributed by atoms with Crippen LogP contribution in [0, 0.1) is 5.92 Å². The minimum atomic E-state index is -0.572. The van der Waals surface area contributed by atoms with E-state index >= 15 is 0 Å². The van der Waals surface area contributed by atoms with E-state index in [2.05, 4.69) is 5.32 Å². The van der Waals surface area contributed by atoms with Gasteiger partial charge in [-0.1, -0.05) is 63.2 Å². The van der Waals surface area contributed by atoms with Crippen molar-refractivity contribution in [3.05, 3.63) is 60.2 Å². The Kier molecular flexibility index (Phi) is 9.19. The van der Waals surface area contributed by atoms with Crippen molar-refractivity contribution in [2.24, 2.45) is 5.92 Å². The molecule has 2 rings (SSSR count). The molecule has 0 bridgehead atoms. The van der Waals surface area contributed by atoms with E-state index in [-0.39, 0.29) is 18.4 Å². The van der Waals surface area contributed by atoms with Crippen LogP contribution in [0.4, 0.5) is 0 Å². The molecule has 1 N–H and O–H groups in total. The van der Waals surface area contributed by atoms with Gasteiger partial charge >= 0.3 is 0 Å². The van der Waals surface area contributed by atoms with Crippen molar-refractivity contribution in [3.63, 3.8) is 0 Å². The summed E-state index contributed by atoms with van der Waals surface area (Å²) in [6.45, 7) is 6.71. The largest absolute Gasteiger partial charge is 0.493 e. The summed E-state index contributed by atoms with van der Waals surface area (Å²) in [7, 11) is 1.55. The molecule has 0 fully saturated rings. The van der Waals surface area contributed by atoms with Crippen LogP contribution in [0.15, 0.2) is 54.6 Å². The lowest BCUT2D eigenvalue weighted by atomic mass is 10.1. The smallest absolute Gasteiger partial charge is 0.261 e. The number of hydrogen-bond donors (Lipinski definition) is 1. The SMILES string of the molecule is CCC(C(=O)NCC(C)C)N(Cc1ccccc1)C(=O)COc1ccccc1OC. The molecule has 0 aliphatic heterocycles. The number of amides is 2. The van der Waals surface area contributed by atoms with Gasteiger partial charge in [0.1, 0.15) is 6.04 Å². The topological polar surface area (TPSA) is 67.9 Å². The Morgan fingerprint density at radius 3 is 2.23 bits per heavy atom. The Balaban J connectivity index is 2.18. The molecular weight excluding hydrogens is 380 g/mol. The molecule has 0 aromatic heterocycles. The molecule has 1 unspecified atom stereocenters. The second-order valence-electron chi connectivity index (χ2n) is 7.51. The van der Waals surface area contributed by atoms with Crippen molar-refractivity contribution in [1.29, 1.82) is 0 Å². The van der Waals surface area contributed by atoms with E-state index in [0.29, 0.717) is 36.9 Å². The fraction of sp³-hybridized carbons (Fsp3) is 0.417. The molecule has 2 aromatic rings. The van der Waals surface area contributed by atoms with Crippen molar-refractivity contribution in [2.75, 3.05) is 20.3 Å². The first kappa shape index (κ1) is 23.3.